The number of rotatable bonds is 4. The van der Waals surface area contributed by atoms with E-state index in [0.29, 0.717) is 23.7 Å². The Balaban J connectivity index is 1.69. The van der Waals surface area contributed by atoms with Crippen LogP contribution in [-0.2, 0) is 11.2 Å². The second-order valence-electron chi connectivity index (χ2n) is 9.23. The summed E-state index contributed by atoms with van der Waals surface area (Å²) in [6.07, 6.45) is 0.383. The molecule has 2 aromatic carbocycles. The average molecular weight is 458 g/mol. The van der Waals surface area contributed by atoms with Gasteiger partial charge in [-0.25, -0.2) is 9.67 Å². The van der Waals surface area contributed by atoms with Gasteiger partial charge in [-0.15, -0.1) is 5.10 Å². The standard InChI is InChI=1S/C26H27N5O3/c1-26(2,3)13-12-18-10-11-21-19(14-18)30(4)25(33)20(16-34-21)31-22(28-24(29-31)23(27)32)15-17-8-6-5-7-9-17/h5-11,14,20H,15-16H2,1-4H3,(H2,27,32)/t20-/m0/s1. The maximum atomic E-state index is 13.5. The number of fused-ring (bicyclic) bond motifs is 1. The fraction of sp³-hybridized carbons (Fsp3) is 0.308. The van der Waals surface area contributed by atoms with Gasteiger partial charge < -0.3 is 15.4 Å². The highest BCUT2D eigenvalue weighted by Gasteiger charge is 2.34. The van der Waals surface area contributed by atoms with E-state index in [0.717, 1.165) is 11.1 Å². The maximum absolute atomic E-state index is 13.5. The van der Waals surface area contributed by atoms with Crippen LogP contribution in [0.15, 0.2) is 48.5 Å². The Labute approximate surface area is 198 Å². The molecule has 0 aliphatic carbocycles. The van der Waals surface area contributed by atoms with E-state index in [2.05, 4.69) is 21.9 Å². The normalized spacial score (nSPS) is 15.6. The molecular formula is C26H27N5O3. The molecule has 34 heavy (non-hydrogen) atoms. The van der Waals surface area contributed by atoms with Crippen LogP contribution in [-0.4, -0.2) is 40.2 Å². The monoisotopic (exact) mass is 457 g/mol. The van der Waals surface area contributed by atoms with Crippen LogP contribution < -0.4 is 15.4 Å². The minimum atomic E-state index is -0.819. The summed E-state index contributed by atoms with van der Waals surface area (Å²) in [5.74, 6) is 6.26. The molecule has 0 saturated heterocycles. The molecule has 0 unspecified atom stereocenters. The zero-order valence-electron chi connectivity index (χ0n) is 19.7. The summed E-state index contributed by atoms with van der Waals surface area (Å²) >= 11 is 0. The molecular weight excluding hydrogens is 430 g/mol. The smallest absolute Gasteiger partial charge is 0.288 e. The number of benzene rings is 2. The zero-order chi connectivity index (χ0) is 24.5. The number of nitrogens with zero attached hydrogens (tertiary/aromatic N) is 4. The van der Waals surface area contributed by atoms with Gasteiger partial charge >= 0.3 is 0 Å². The number of amides is 2. The van der Waals surface area contributed by atoms with Crippen molar-refractivity contribution in [3.8, 4) is 17.6 Å². The topological polar surface area (TPSA) is 103 Å². The largest absolute Gasteiger partial charge is 0.489 e. The summed E-state index contributed by atoms with van der Waals surface area (Å²) < 4.78 is 7.47. The summed E-state index contributed by atoms with van der Waals surface area (Å²) in [7, 11) is 1.69. The van der Waals surface area contributed by atoms with Crippen LogP contribution in [0.1, 0.15) is 54.4 Å². The molecule has 2 heterocycles. The molecule has 0 radical (unpaired) electrons. The van der Waals surface area contributed by atoms with Crippen LogP contribution in [0.2, 0.25) is 0 Å². The Morgan fingerprint density at radius 3 is 2.62 bits per heavy atom. The van der Waals surface area contributed by atoms with Gasteiger partial charge in [-0.2, -0.15) is 0 Å². The van der Waals surface area contributed by atoms with E-state index in [9.17, 15) is 9.59 Å². The first-order valence-corrected chi connectivity index (χ1v) is 11.0. The molecule has 0 saturated carbocycles. The van der Waals surface area contributed by atoms with Crippen LogP contribution in [0, 0.1) is 17.3 Å². The van der Waals surface area contributed by atoms with Crippen LogP contribution in [0.4, 0.5) is 5.69 Å². The summed E-state index contributed by atoms with van der Waals surface area (Å²) in [4.78, 5) is 31.2. The number of carbonyl (C=O) groups excluding carboxylic acids is 2. The first-order valence-electron chi connectivity index (χ1n) is 11.0. The van der Waals surface area contributed by atoms with Crippen molar-refractivity contribution in [3.05, 3.63) is 71.3 Å². The maximum Gasteiger partial charge on any atom is 0.288 e. The molecule has 1 aromatic heterocycles. The van der Waals surface area contributed by atoms with Gasteiger partial charge in [-0.3, -0.25) is 9.59 Å². The molecule has 4 rings (SSSR count). The van der Waals surface area contributed by atoms with Crippen LogP contribution >= 0.6 is 0 Å². The lowest BCUT2D eigenvalue weighted by Gasteiger charge is -2.21. The minimum Gasteiger partial charge on any atom is -0.489 e. The van der Waals surface area contributed by atoms with E-state index in [1.807, 2.05) is 69.3 Å². The highest BCUT2D eigenvalue weighted by atomic mass is 16.5. The number of hydrogen-bond donors (Lipinski definition) is 1. The number of aromatic nitrogens is 3. The molecule has 1 aliphatic rings. The highest BCUT2D eigenvalue weighted by molar-refractivity contribution is 5.98. The highest BCUT2D eigenvalue weighted by Crippen LogP contribution is 2.34. The predicted molar refractivity (Wildman–Crippen MR) is 129 cm³/mol. The Morgan fingerprint density at radius 2 is 1.94 bits per heavy atom. The third-order valence-corrected chi connectivity index (χ3v) is 5.34. The van der Waals surface area contributed by atoms with Crippen molar-refractivity contribution in [2.45, 2.75) is 33.2 Å². The molecule has 174 valence electrons. The number of ether oxygens (including phenoxy) is 1. The van der Waals surface area contributed by atoms with Gasteiger partial charge in [-0.05, 0) is 44.5 Å². The number of primary amides is 1. The lowest BCUT2D eigenvalue weighted by Crippen LogP contribution is -2.36. The van der Waals surface area contributed by atoms with Crippen molar-refractivity contribution < 1.29 is 14.3 Å². The molecule has 0 bridgehead atoms. The molecule has 2 N–H and O–H groups in total. The van der Waals surface area contributed by atoms with Gasteiger partial charge in [0.1, 0.15) is 18.2 Å². The zero-order valence-corrected chi connectivity index (χ0v) is 19.7. The molecule has 0 spiro atoms. The Bertz CT molecular complexity index is 1300. The van der Waals surface area contributed by atoms with E-state index in [-0.39, 0.29) is 23.8 Å². The van der Waals surface area contributed by atoms with Crippen LogP contribution in [0.25, 0.3) is 0 Å². The van der Waals surface area contributed by atoms with E-state index < -0.39 is 11.9 Å². The molecule has 0 fully saturated rings. The SMILES string of the molecule is CN1C(=O)[C@@H](n2nc(C(N)=O)nc2Cc2ccccc2)COc2ccc(C#CC(C)(C)C)cc21. The van der Waals surface area contributed by atoms with E-state index in [4.69, 9.17) is 10.5 Å². The number of likely N-dealkylation sites (N-methyl/N-ethyl adjacent to an activating group) is 1. The second-order valence-corrected chi connectivity index (χ2v) is 9.23. The number of hydrogen-bond acceptors (Lipinski definition) is 5. The molecule has 8 nitrogen and oxygen atoms in total. The van der Waals surface area contributed by atoms with Gasteiger partial charge in [0, 0.05) is 24.4 Å². The Morgan fingerprint density at radius 1 is 1.21 bits per heavy atom. The van der Waals surface area contributed by atoms with Crippen molar-refractivity contribution in [1.82, 2.24) is 14.8 Å². The van der Waals surface area contributed by atoms with Crippen LogP contribution in [0.5, 0.6) is 5.75 Å². The molecule has 1 aliphatic heterocycles. The molecule has 8 heteroatoms. The van der Waals surface area contributed by atoms with Crippen molar-refractivity contribution in [2.24, 2.45) is 11.1 Å². The molecule has 2 amide bonds. The average Bonchev–Trinajstić information content (AvgIpc) is 3.16. The lowest BCUT2D eigenvalue weighted by molar-refractivity contribution is -0.122. The Hall–Kier alpha value is -4.12. The van der Waals surface area contributed by atoms with Crippen molar-refractivity contribution in [2.75, 3.05) is 18.6 Å². The number of carbonyl (C=O) groups is 2. The number of nitrogens with two attached hydrogens (primary N) is 1. The Kier molecular flexibility index (Phi) is 6.12. The van der Waals surface area contributed by atoms with E-state index in [1.165, 1.54) is 9.58 Å². The first kappa shape index (κ1) is 23.1. The number of anilines is 1. The molecule has 3 aromatic rings. The molecule has 1 atom stereocenters. The first-order chi connectivity index (χ1) is 16.1. The minimum absolute atomic E-state index is 0.0343. The van der Waals surface area contributed by atoms with Gasteiger partial charge in [0.25, 0.3) is 11.8 Å². The van der Waals surface area contributed by atoms with Gasteiger partial charge in [0.15, 0.2) is 6.04 Å². The third-order valence-electron chi connectivity index (χ3n) is 5.34. The summed E-state index contributed by atoms with van der Waals surface area (Å²) in [5, 5.41) is 4.27. The summed E-state index contributed by atoms with van der Waals surface area (Å²) in [5.41, 5.74) is 7.67. The van der Waals surface area contributed by atoms with Crippen molar-refractivity contribution in [1.29, 1.82) is 0 Å². The lowest BCUT2D eigenvalue weighted by atomic mass is 9.97. The summed E-state index contributed by atoms with van der Waals surface area (Å²) in [6, 6.07) is 14.3. The third kappa shape index (κ3) is 4.94. The fourth-order valence-corrected chi connectivity index (χ4v) is 3.60. The van der Waals surface area contributed by atoms with Gasteiger partial charge in [0.05, 0.1) is 5.69 Å². The van der Waals surface area contributed by atoms with Crippen LogP contribution in [0.3, 0.4) is 0 Å². The quantitative estimate of drug-likeness (QED) is 0.607. The second kappa shape index (κ2) is 9.02. The summed E-state index contributed by atoms with van der Waals surface area (Å²) in [6.45, 7) is 6.15. The van der Waals surface area contributed by atoms with Gasteiger partial charge in [-0.1, -0.05) is 42.2 Å². The van der Waals surface area contributed by atoms with E-state index in [1.54, 1.807) is 7.05 Å². The van der Waals surface area contributed by atoms with Crippen molar-refractivity contribution in [3.63, 3.8) is 0 Å². The van der Waals surface area contributed by atoms with Gasteiger partial charge in [0.2, 0.25) is 5.82 Å². The predicted octanol–water partition coefficient (Wildman–Crippen LogP) is 2.96. The fourth-order valence-electron chi connectivity index (χ4n) is 3.60. The van der Waals surface area contributed by atoms with Crippen molar-refractivity contribution >= 4 is 17.5 Å². The van der Waals surface area contributed by atoms with E-state index >= 15 is 0 Å².